The van der Waals surface area contributed by atoms with Crippen molar-refractivity contribution in [1.82, 2.24) is 4.90 Å². The Morgan fingerprint density at radius 3 is 2.38 bits per heavy atom. The van der Waals surface area contributed by atoms with E-state index in [0.29, 0.717) is 19.6 Å². The topological polar surface area (TPSA) is 66.6 Å². The quantitative estimate of drug-likeness (QED) is 0.755. The third-order valence-corrected chi connectivity index (χ3v) is 6.51. The molecule has 0 radical (unpaired) electrons. The largest absolute Gasteiger partial charge is 0.340 e. The third kappa shape index (κ3) is 4.44. The summed E-state index contributed by atoms with van der Waals surface area (Å²) < 4.78 is 0. The van der Waals surface area contributed by atoms with Gasteiger partial charge in [-0.1, -0.05) is 30.3 Å². The molecule has 5 nitrogen and oxygen atoms in total. The van der Waals surface area contributed by atoms with Crippen LogP contribution in [0.2, 0.25) is 0 Å². The first kappa shape index (κ1) is 21.7. The lowest BCUT2D eigenvalue weighted by Gasteiger charge is -2.21. The first-order chi connectivity index (χ1) is 13.6. The fourth-order valence-electron chi connectivity index (χ4n) is 4.20. The molecule has 2 aromatic carbocycles. The van der Waals surface area contributed by atoms with Crippen LogP contribution in [0.5, 0.6) is 0 Å². The van der Waals surface area contributed by atoms with Gasteiger partial charge in [-0.2, -0.15) is 0 Å². The van der Waals surface area contributed by atoms with E-state index in [1.54, 1.807) is 16.7 Å². The predicted octanol–water partition coefficient (Wildman–Crippen LogP) is 3.14. The Balaban J connectivity index is 0.00000240. The summed E-state index contributed by atoms with van der Waals surface area (Å²) in [4.78, 5) is 30.4. The molecule has 1 unspecified atom stereocenters. The summed E-state index contributed by atoms with van der Waals surface area (Å²) in [5.74, 6) is -0.0873. The van der Waals surface area contributed by atoms with Crippen LogP contribution in [0.1, 0.15) is 17.9 Å². The molecule has 0 spiro atoms. The maximum Gasteiger partial charge on any atom is 0.228 e. The minimum Gasteiger partial charge on any atom is -0.340 e. The van der Waals surface area contributed by atoms with Gasteiger partial charge < -0.3 is 15.5 Å². The Kier molecular flexibility index (Phi) is 6.88. The van der Waals surface area contributed by atoms with Gasteiger partial charge in [0, 0.05) is 48.6 Å². The summed E-state index contributed by atoms with van der Waals surface area (Å²) in [6, 6.07) is 18.0. The minimum atomic E-state index is -0.297. The minimum absolute atomic E-state index is 0. The molecule has 154 valence electrons. The van der Waals surface area contributed by atoms with Crippen molar-refractivity contribution in [1.29, 1.82) is 0 Å². The van der Waals surface area contributed by atoms with E-state index in [0.717, 1.165) is 10.6 Å². The van der Waals surface area contributed by atoms with Crippen molar-refractivity contribution in [2.75, 3.05) is 30.8 Å². The van der Waals surface area contributed by atoms with Crippen molar-refractivity contribution < 1.29 is 9.59 Å². The number of rotatable bonds is 4. The van der Waals surface area contributed by atoms with Crippen molar-refractivity contribution in [3.05, 3.63) is 60.2 Å². The maximum absolute atomic E-state index is 13.1. The van der Waals surface area contributed by atoms with E-state index in [1.165, 1.54) is 5.56 Å². The smallest absolute Gasteiger partial charge is 0.228 e. The number of carbonyl (C=O) groups is 2. The average molecular weight is 432 g/mol. The molecule has 2 fully saturated rings. The van der Waals surface area contributed by atoms with Crippen LogP contribution in [0.4, 0.5) is 5.69 Å². The predicted molar refractivity (Wildman–Crippen MR) is 120 cm³/mol. The lowest BCUT2D eigenvalue weighted by Crippen LogP contribution is -2.37. The summed E-state index contributed by atoms with van der Waals surface area (Å²) in [6.07, 6.45) is 2.29. The van der Waals surface area contributed by atoms with Crippen molar-refractivity contribution in [3.63, 3.8) is 0 Å². The van der Waals surface area contributed by atoms with Gasteiger partial charge in [-0.25, -0.2) is 0 Å². The second-order valence-corrected chi connectivity index (χ2v) is 8.41. The molecule has 29 heavy (non-hydrogen) atoms. The highest BCUT2D eigenvalue weighted by atomic mass is 35.5. The molecule has 4 rings (SSSR count). The Morgan fingerprint density at radius 2 is 1.72 bits per heavy atom. The number of hydrogen-bond acceptors (Lipinski definition) is 4. The molecular weight excluding hydrogens is 406 g/mol. The number of halogens is 1. The molecule has 2 N–H and O–H groups in total. The molecule has 0 aliphatic carbocycles. The second-order valence-electron chi connectivity index (χ2n) is 7.53. The number of carbonyl (C=O) groups excluding carboxylic acids is 2. The van der Waals surface area contributed by atoms with Gasteiger partial charge in [0.05, 0.1) is 5.92 Å². The Hall–Kier alpha value is -2.02. The van der Waals surface area contributed by atoms with Crippen LogP contribution in [0, 0.1) is 5.92 Å². The molecule has 0 aromatic heterocycles. The summed E-state index contributed by atoms with van der Waals surface area (Å²) >= 11 is 1.67. The normalized spacial score (nSPS) is 23.9. The fourth-order valence-corrected chi connectivity index (χ4v) is 4.61. The van der Waals surface area contributed by atoms with Crippen LogP contribution in [0.25, 0.3) is 0 Å². The first-order valence-corrected chi connectivity index (χ1v) is 10.8. The maximum atomic E-state index is 13.1. The molecule has 2 aromatic rings. The SMILES string of the molecule is CSc1ccc(N2CC(C(=O)N3C[C@@H](N)[C@H](c4ccccc4)C3)CC2=O)cc1.Cl. The summed E-state index contributed by atoms with van der Waals surface area (Å²) in [5, 5.41) is 0. The number of anilines is 1. The number of nitrogens with two attached hydrogens (primary N) is 1. The highest BCUT2D eigenvalue weighted by Gasteiger charge is 2.41. The summed E-state index contributed by atoms with van der Waals surface area (Å²) in [7, 11) is 0. The van der Waals surface area contributed by atoms with Crippen LogP contribution in [-0.2, 0) is 9.59 Å². The summed E-state index contributed by atoms with van der Waals surface area (Å²) in [5.41, 5.74) is 8.37. The number of nitrogens with zero attached hydrogens (tertiary/aromatic N) is 2. The fraction of sp³-hybridized carbons (Fsp3) is 0.364. The van der Waals surface area contributed by atoms with Crippen LogP contribution in [0.3, 0.4) is 0 Å². The number of amides is 2. The second kappa shape index (κ2) is 9.20. The van der Waals surface area contributed by atoms with Crippen molar-refractivity contribution >= 4 is 41.7 Å². The van der Waals surface area contributed by atoms with Crippen LogP contribution >= 0.6 is 24.2 Å². The van der Waals surface area contributed by atoms with E-state index in [2.05, 4.69) is 12.1 Å². The molecule has 2 aliphatic rings. The zero-order valence-electron chi connectivity index (χ0n) is 16.4. The van der Waals surface area contributed by atoms with Gasteiger partial charge in [-0.15, -0.1) is 24.2 Å². The first-order valence-electron chi connectivity index (χ1n) is 9.60. The Labute approximate surface area is 182 Å². The van der Waals surface area contributed by atoms with Crippen molar-refractivity contribution in [2.45, 2.75) is 23.3 Å². The van der Waals surface area contributed by atoms with Gasteiger partial charge in [0.25, 0.3) is 0 Å². The van der Waals surface area contributed by atoms with Gasteiger partial charge in [0.1, 0.15) is 0 Å². The van der Waals surface area contributed by atoms with E-state index < -0.39 is 0 Å². The van der Waals surface area contributed by atoms with E-state index in [-0.39, 0.29) is 48.5 Å². The molecule has 2 aliphatic heterocycles. The molecule has 2 heterocycles. The lowest BCUT2D eigenvalue weighted by atomic mass is 9.95. The van der Waals surface area contributed by atoms with Gasteiger partial charge in [-0.05, 0) is 36.1 Å². The Morgan fingerprint density at radius 1 is 1.03 bits per heavy atom. The average Bonchev–Trinajstić information content (AvgIpc) is 3.31. The van der Waals surface area contributed by atoms with Crippen LogP contribution in [-0.4, -0.2) is 48.6 Å². The van der Waals surface area contributed by atoms with Gasteiger partial charge in [-0.3, -0.25) is 9.59 Å². The van der Waals surface area contributed by atoms with Crippen molar-refractivity contribution in [2.24, 2.45) is 11.7 Å². The molecule has 2 saturated heterocycles. The zero-order chi connectivity index (χ0) is 19.7. The molecule has 0 saturated carbocycles. The zero-order valence-corrected chi connectivity index (χ0v) is 18.0. The van der Waals surface area contributed by atoms with Gasteiger partial charge in [0.15, 0.2) is 0 Å². The number of thioether (sulfide) groups is 1. The standard InChI is InChI=1S/C22H25N3O2S.ClH/c1-28-18-9-7-17(8-10-18)25-12-16(11-21(25)26)22(27)24-13-19(20(23)14-24)15-5-3-2-4-6-15;/h2-10,16,19-20H,11-14,23H2,1H3;1H/t16?,19-,20+;/m0./s1. The van der Waals surface area contributed by atoms with Gasteiger partial charge >= 0.3 is 0 Å². The highest BCUT2D eigenvalue weighted by molar-refractivity contribution is 7.98. The third-order valence-electron chi connectivity index (χ3n) is 5.76. The number of benzene rings is 2. The monoisotopic (exact) mass is 431 g/mol. The van der Waals surface area contributed by atoms with Crippen LogP contribution in [0.15, 0.2) is 59.5 Å². The van der Waals surface area contributed by atoms with E-state index in [9.17, 15) is 9.59 Å². The Bertz CT molecular complexity index is 862. The lowest BCUT2D eigenvalue weighted by molar-refractivity contribution is -0.134. The van der Waals surface area contributed by atoms with Crippen molar-refractivity contribution in [3.8, 4) is 0 Å². The van der Waals surface area contributed by atoms with E-state index in [1.807, 2.05) is 53.6 Å². The highest BCUT2D eigenvalue weighted by Crippen LogP contribution is 2.31. The molecular formula is C22H26ClN3O2S. The number of hydrogen-bond donors (Lipinski definition) is 1. The summed E-state index contributed by atoms with van der Waals surface area (Å²) in [6.45, 7) is 1.61. The molecule has 3 atom stereocenters. The van der Waals surface area contributed by atoms with E-state index >= 15 is 0 Å². The van der Waals surface area contributed by atoms with E-state index in [4.69, 9.17) is 5.73 Å². The molecule has 2 amide bonds. The molecule has 7 heteroatoms. The van der Waals surface area contributed by atoms with Gasteiger partial charge in [0.2, 0.25) is 11.8 Å². The molecule has 0 bridgehead atoms. The van der Waals surface area contributed by atoms with Crippen LogP contribution < -0.4 is 10.6 Å². The number of likely N-dealkylation sites (tertiary alicyclic amines) is 1.